The lowest BCUT2D eigenvalue weighted by atomic mass is 10.1. The van der Waals surface area contributed by atoms with Gasteiger partial charge in [-0.1, -0.05) is 74.0 Å². The fourth-order valence-electron chi connectivity index (χ4n) is 4.71. The Bertz CT molecular complexity index is 1690. The normalized spacial score (nSPS) is 12.0. The van der Waals surface area contributed by atoms with Crippen LogP contribution in [0, 0.1) is 0 Å². The van der Waals surface area contributed by atoms with Gasteiger partial charge in [-0.05, 0) is 60.4 Å². The molecule has 0 unspecified atom stereocenters. The predicted molar refractivity (Wildman–Crippen MR) is 153 cm³/mol. The van der Waals surface area contributed by atoms with Crippen molar-refractivity contribution in [1.29, 1.82) is 0 Å². The minimum absolute atomic E-state index is 0.0140. The third-order valence-corrected chi connectivity index (χ3v) is 8.75. The summed E-state index contributed by atoms with van der Waals surface area (Å²) >= 11 is 6.21. The highest BCUT2D eigenvalue weighted by molar-refractivity contribution is 7.91. The molecule has 0 amide bonds. The first-order chi connectivity index (χ1) is 18.4. The Labute approximate surface area is 228 Å². The van der Waals surface area contributed by atoms with Gasteiger partial charge in [-0.2, -0.15) is 5.10 Å². The van der Waals surface area contributed by atoms with Crippen LogP contribution in [0.1, 0.15) is 19.4 Å². The second-order valence-corrected chi connectivity index (χ2v) is 11.4. The van der Waals surface area contributed by atoms with E-state index in [0.29, 0.717) is 40.2 Å². The van der Waals surface area contributed by atoms with Crippen LogP contribution in [-0.2, 0) is 16.4 Å². The zero-order chi connectivity index (χ0) is 26.7. The number of likely N-dealkylation sites (N-methyl/N-ethyl adjacent to an activating group) is 1. The van der Waals surface area contributed by atoms with Crippen molar-refractivity contribution in [2.75, 3.05) is 26.2 Å². The molecule has 38 heavy (non-hydrogen) atoms. The third-order valence-electron chi connectivity index (χ3n) is 6.77. The second kappa shape index (κ2) is 11.2. The molecule has 1 aromatic heterocycles. The molecular formula is C30H30ClN3O3S. The first-order valence-corrected chi connectivity index (χ1v) is 14.6. The van der Waals surface area contributed by atoms with Gasteiger partial charge in [-0.25, -0.2) is 8.42 Å². The molecule has 6 nitrogen and oxygen atoms in total. The van der Waals surface area contributed by atoms with Gasteiger partial charge in [0.15, 0.2) is 5.03 Å². The Morgan fingerprint density at radius 2 is 1.66 bits per heavy atom. The van der Waals surface area contributed by atoms with Crippen molar-refractivity contribution in [3.8, 4) is 5.75 Å². The minimum atomic E-state index is -3.95. The maximum atomic E-state index is 14.1. The van der Waals surface area contributed by atoms with E-state index in [4.69, 9.17) is 16.3 Å². The predicted octanol–water partition coefficient (Wildman–Crippen LogP) is 6.44. The number of ether oxygens (including phenoxy) is 1. The minimum Gasteiger partial charge on any atom is -0.492 e. The van der Waals surface area contributed by atoms with Crippen molar-refractivity contribution in [3.63, 3.8) is 0 Å². The van der Waals surface area contributed by atoms with E-state index in [0.717, 1.165) is 30.6 Å². The topological polar surface area (TPSA) is 64.4 Å². The molecule has 0 aliphatic carbocycles. The molecule has 0 atom stereocenters. The van der Waals surface area contributed by atoms with E-state index in [-0.39, 0.29) is 9.92 Å². The fourth-order valence-corrected chi connectivity index (χ4v) is 6.53. The lowest BCUT2D eigenvalue weighted by molar-refractivity contribution is 0.223. The number of hydrogen-bond acceptors (Lipinski definition) is 5. The van der Waals surface area contributed by atoms with E-state index < -0.39 is 9.84 Å². The Balaban J connectivity index is 1.61. The molecule has 0 saturated heterocycles. The number of halogens is 1. The van der Waals surface area contributed by atoms with Crippen molar-refractivity contribution in [3.05, 3.63) is 95.5 Å². The van der Waals surface area contributed by atoms with E-state index in [1.165, 1.54) is 0 Å². The van der Waals surface area contributed by atoms with E-state index >= 15 is 0 Å². The molecule has 8 heteroatoms. The third kappa shape index (κ3) is 5.27. The highest BCUT2D eigenvalue weighted by Crippen LogP contribution is 2.34. The summed E-state index contributed by atoms with van der Waals surface area (Å²) in [5.74, 6) is 0.612. The number of nitrogens with zero attached hydrogens (tertiary/aromatic N) is 3. The molecule has 5 aromatic rings. The number of benzene rings is 4. The second-order valence-electron chi connectivity index (χ2n) is 9.13. The van der Waals surface area contributed by atoms with Crippen molar-refractivity contribution in [2.45, 2.75) is 30.3 Å². The van der Waals surface area contributed by atoms with Crippen LogP contribution in [0.2, 0.25) is 5.02 Å². The molecule has 0 N–H and O–H groups in total. The van der Waals surface area contributed by atoms with Crippen LogP contribution in [0.5, 0.6) is 5.75 Å². The van der Waals surface area contributed by atoms with E-state index in [1.54, 1.807) is 22.9 Å². The molecule has 0 radical (unpaired) electrons. The van der Waals surface area contributed by atoms with Crippen LogP contribution >= 0.6 is 11.6 Å². The fraction of sp³-hybridized carbons (Fsp3) is 0.233. The Hall–Kier alpha value is -3.39. The van der Waals surface area contributed by atoms with Gasteiger partial charge in [0.05, 0.1) is 17.0 Å². The van der Waals surface area contributed by atoms with Crippen molar-refractivity contribution in [1.82, 2.24) is 14.7 Å². The maximum Gasteiger partial charge on any atom is 0.226 e. The molecule has 1 heterocycles. The van der Waals surface area contributed by atoms with E-state index in [1.807, 2.05) is 66.7 Å². The monoisotopic (exact) mass is 547 g/mol. The van der Waals surface area contributed by atoms with Crippen LogP contribution in [0.4, 0.5) is 0 Å². The van der Waals surface area contributed by atoms with Crippen LogP contribution in [0.25, 0.3) is 21.7 Å². The number of rotatable bonds is 10. The van der Waals surface area contributed by atoms with Crippen molar-refractivity contribution in [2.24, 2.45) is 0 Å². The molecule has 5 rings (SSSR count). The van der Waals surface area contributed by atoms with E-state index in [2.05, 4.69) is 23.8 Å². The Morgan fingerprint density at radius 3 is 2.45 bits per heavy atom. The summed E-state index contributed by atoms with van der Waals surface area (Å²) in [5.41, 5.74) is 1.63. The first kappa shape index (κ1) is 26.2. The Morgan fingerprint density at radius 1 is 0.895 bits per heavy atom. The molecule has 0 fully saturated rings. The summed E-state index contributed by atoms with van der Waals surface area (Å²) in [7, 11) is -3.95. The molecule has 0 aliphatic rings. The van der Waals surface area contributed by atoms with Gasteiger partial charge in [0.25, 0.3) is 0 Å². The van der Waals surface area contributed by atoms with Gasteiger partial charge in [-0.15, -0.1) is 0 Å². The van der Waals surface area contributed by atoms with Gasteiger partial charge < -0.3 is 9.64 Å². The standard InChI is InChI=1S/C30H30ClN3O3S/c1-3-33(4-2)17-18-37-25-15-16-28-27(20-25)30(32-34(28)21-22-9-7-12-24(31)19-22)38(35,36)29-14-8-11-23-10-5-6-13-26(23)29/h5-16,19-20H,3-4,17-18,21H2,1-2H3. The number of hydrogen-bond donors (Lipinski definition) is 0. The number of aromatic nitrogens is 2. The van der Waals surface area contributed by atoms with Gasteiger partial charge in [0.1, 0.15) is 12.4 Å². The highest BCUT2D eigenvalue weighted by Gasteiger charge is 2.27. The zero-order valence-corrected chi connectivity index (χ0v) is 23.0. The molecule has 0 aliphatic heterocycles. The molecule has 0 bridgehead atoms. The molecular weight excluding hydrogens is 518 g/mol. The van der Waals surface area contributed by atoms with Crippen LogP contribution in [0.15, 0.2) is 94.9 Å². The highest BCUT2D eigenvalue weighted by atomic mass is 35.5. The average molecular weight is 548 g/mol. The summed E-state index contributed by atoms with van der Waals surface area (Å²) < 4.78 is 36.0. The molecule has 4 aromatic carbocycles. The lowest BCUT2D eigenvalue weighted by Gasteiger charge is -2.18. The molecule has 196 valence electrons. The summed E-state index contributed by atoms with van der Waals surface area (Å²) in [5, 5.41) is 7.35. The molecule has 0 spiro atoms. The smallest absolute Gasteiger partial charge is 0.226 e. The summed E-state index contributed by atoms with van der Waals surface area (Å²) in [6, 6.07) is 25.8. The quantitative estimate of drug-likeness (QED) is 0.201. The van der Waals surface area contributed by atoms with Gasteiger partial charge in [-0.3, -0.25) is 4.68 Å². The summed E-state index contributed by atoms with van der Waals surface area (Å²) in [6.07, 6.45) is 0. The molecule has 0 saturated carbocycles. The van der Waals surface area contributed by atoms with Gasteiger partial charge >= 0.3 is 0 Å². The average Bonchev–Trinajstić information content (AvgIpc) is 3.29. The van der Waals surface area contributed by atoms with Crippen LogP contribution in [-0.4, -0.2) is 49.3 Å². The Kier molecular flexibility index (Phi) is 7.70. The lowest BCUT2D eigenvalue weighted by Crippen LogP contribution is -2.27. The van der Waals surface area contributed by atoms with Crippen LogP contribution < -0.4 is 4.74 Å². The number of sulfone groups is 1. The maximum absolute atomic E-state index is 14.1. The van der Waals surface area contributed by atoms with Crippen molar-refractivity contribution < 1.29 is 13.2 Å². The zero-order valence-electron chi connectivity index (χ0n) is 21.5. The van der Waals surface area contributed by atoms with Gasteiger partial charge in [0.2, 0.25) is 9.84 Å². The SMILES string of the molecule is CCN(CC)CCOc1ccc2c(c1)c(S(=O)(=O)c1cccc3ccccc13)nn2Cc1cccc(Cl)c1. The first-order valence-electron chi connectivity index (χ1n) is 12.7. The van der Waals surface area contributed by atoms with Crippen LogP contribution in [0.3, 0.4) is 0 Å². The van der Waals surface area contributed by atoms with Gasteiger partial charge in [0, 0.05) is 22.3 Å². The largest absolute Gasteiger partial charge is 0.492 e. The van der Waals surface area contributed by atoms with Crippen molar-refractivity contribution >= 4 is 43.1 Å². The summed E-state index contributed by atoms with van der Waals surface area (Å²) in [6.45, 7) is 7.81. The summed E-state index contributed by atoms with van der Waals surface area (Å²) in [4.78, 5) is 2.51. The van der Waals surface area contributed by atoms with E-state index in [9.17, 15) is 8.42 Å². The number of fused-ring (bicyclic) bond motifs is 2.